The summed E-state index contributed by atoms with van der Waals surface area (Å²) >= 11 is 0. The lowest BCUT2D eigenvalue weighted by Crippen LogP contribution is -2.49. The fraction of sp³-hybridized carbons (Fsp3) is 0.889. The first kappa shape index (κ1) is 10.9. The van der Waals surface area contributed by atoms with Crippen molar-refractivity contribution in [2.24, 2.45) is 5.41 Å². The third-order valence-corrected chi connectivity index (χ3v) is 5.36. The van der Waals surface area contributed by atoms with E-state index >= 15 is 0 Å². The van der Waals surface area contributed by atoms with Crippen LogP contribution in [0.5, 0.6) is 0 Å². The molecule has 0 aromatic rings. The Balaban J connectivity index is 2.20. The van der Waals surface area contributed by atoms with Gasteiger partial charge in [0.05, 0.1) is 22.5 Å². The Labute approximate surface area is 88.0 Å². The second-order valence-electron chi connectivity index (χ2n) is 4.57. The molecule has 0 aromatic heterocycles. The molecular weight excluding hydrogens is 220 g/mol. The van der Waals surface area contributed by atoms with Gasteiger partial charge in [-0.3, -0.25) is 4.79 Å². The van der Waals surface area contributed by atoms with Gasteiger partial charge in [0.15, 0.2) is 9.84 Å². The van der Waals surface area contributed by atoms with E-state index in [2.05, 4.69) is 0 Å². The van der Waals surface area contributed by atoms with Crippen LogP contribution in [0.25, 0.3) is 0 Å². The van der Waals surface area contributed by atoms with Gasteiger partial charge in [0.25, 0.3) is 0 Å². The summed E-state index contributed by atoms with van der Waals surface area (Å²) in [4.78, 5) is 11.0. The van der Waals surface area contributed by atoms with Crippen LogP contribution >= 0.6 is 0 Å². The Morgan fingerprint density at radius 2 is 1.53 bits per heavy atom. The first-order valence-electron chi connectivity index (χ1n) is 4.98. The van der Waals surface area contributed by atoms with Crippen molar-refractivity contribution in [2.45, 2.75) is 31.3 Å². The molecule has 2 aliphatic rings. The van der Waals surface area contributed by atoms with Crippen LogP contribution in [0.1, 0.15) is 25.7 Å². The zero-order valence-corrected chi connectivity index (χ0v) is 9.09. The number of aliphatic carboxylic acids is 1. The van der Waals surface area contributed by atoms with Gasteiger partial charge >= 0.3 is 5.97 Å². The highest BCUT2D eigenvalue weighted by Gasteiger charge is 2.65. The van der Waals surface area contributed by atoms with Gasteiger partial charge in [0.2, 0.25) is 0 Å². The topological polar surface area (TPSA) is 91.7 Å². The van der Waals surface area contributed by atoms with Crippen LogP contribution in [0.3, 0.4) is 0 Å². The number of aliphatic hydroxyl groups is 1. The summed E-state index contributed by atoms with van der Waals surface area (Å²) < 4.78 is 22.4. The van der Waals surface area contributed by atoms with Gasteiger partial charge in [-0.25, -0.2) is 8.42 Å². The lowest BCUT2D eigenvalue weighted by atomic mass is 9.79. The zero-order chi connectivity index (χ0) is 11.3. The van der Waals surface area contributed by atoms with E-state index in [9.17, 15) is 18.3 Å². The molecule has 0 radical (unpaired) electrons. The second-order valence-corrected chi connectivity index (χ2v) is 6.87. The van der Waals surface area contributed by atoms with Crippen molar-refractivity contribution in [1.29, 1.82) is 0 Å². The molecule has 5 nitrogen and oxygen atoms in total. The van der Waals surface area contributed by atoms with Crippen LogP contribution in [0.4, 0.5) is 0 Å². The van der Waals surface area contributed by atoms with Crippen LogP contribution in [0.15, 0.2) is 0 Å². The summed E-state index contributed by atoms with van der Waals surface area (Å²) in [5, 5.41) is 19.3. The van der Waals surface area contributed by atoms with Gasteiger partial charge in [0, 0.05) is 0 Å². The Morgan fingerprint density at radius 3 is 1.87 bits per heavy atom. The highest BCUT2D eigenvalue weighted by molar-refractivity contribution is 7.91. The molecular formula is C9H14O5S. The van der Waals surface area contributed by atoms with Crippen molar-refractivity contribution in [2.75, 3.05) is 11.5 Å². The first-order valence-corrected chi connectivity index (χ1v) is 6.80. The number of carboxylic acids is 1. The molecule has 2 N–H and O–H groups in total. The van der Waals surface area contributed by atoms with E-state index in [0.29, 0.717) is 12.8 Å². The van der Waals surface area contributed by atoms with Gasteiger partial charge in [0.1, 0.15) is 0 Å². The molecule has 86 valence electrons. The number of rotatable bonds is 2. The van der Waals surface area contributed by atoms with Crippen molar-refractivity contribution < 1.29 is 23.4 Å². The van der Waals surface area contributed by atoms with Gasteiger partial charge < -0.3 is 10.2 Å². The first-order chi connectivity index (χ1) is 6.81. The Hall–Kier alpha value is -0.620. The van der Waals surface area contributed by atoms with E-state index in [0.717, 1.165) is 0 Å². The number of hydrogen-bond donors (Lipinski definition) is 2. The van der Waals surface area contributed by atoms with Crippen LogP contribution in [0.2, 0.25) is 0 Å². The minimum atomic E-state index is -3.06. The molecule has 2 rings (SSSR count). The number of carboxylic acid groups (broad SMARTS) is 1. The monoisotopic (exact) mass is 234 g/mol. The molecule has 6 heteroatoms. The number of sulfone groups is 1. The third kappa shape index (κ3) is 1.56. The summed E-state index contributed by atoms with van der Waals surface area (Å²) in [6, 6.07) is 0. The molecule has 2 fully saturated rings. The molecule has 1 heterocycles. The molecule has 0 bridgehead atoms. The molecule has 0 unspecified atom stereocenters. The predicted molar refractivity (Wildman–Crippen MR) is 52.1 cm³/mol. The van der Waals surface area contributed by atoms with Gasteiger partial charge in [-0.15, -0.1) is 0 Å². The van der Waals surface area contributed by atoms with Crippen LogP contribution in [-0.4, -0.2) is 41.7 Å². The van der Waals surface area contributed by atoms with Crippen LogP contribution in [-0.2, 0) is 14.6 Å². The molecule has 1 aliphatic carbocycles. The van der Waals surface area contributed by atoms with Crippen molar-refractivity contribution >= 4 is 15.8 Å². The normalized spacial score (nSPS) is 30.7. The quantitative estimate of drug-likeness (QED) is 0.690. The molecule has 0 spiro atoms. The SMILES string of the molecule is O=C(O)C1(C2(O)CCS(=O)(=O)CC2)CC1. The maximum absolute atomic E-state index is 11.2. The summed E-state index contributed by atoms with van der Waals surface area (Å²) in [6.45, 7) is 0. The van der Waals surface area contributed by atoms with E-state index in [1.54, 1.807) is 0 Å². The number of hydrogen-bond acceptors (Lipinski definition) is 4. The molecule has 0 atom stereocenters. The Morgan fingerprint density at radius 1 is 1.07 bits per heavy atom. The minimum absolute atomic E-state index is 0.0572. The van der Waals surface area contributed by atoms with Gasteiger partial charge in [-0.2, -0.15) is 0 Å². The molecule has 1 saturated heterocycles. The predicted octanol–water partition coefficient (Wildman–Crippen LogP) is -0.209. The highest BCUT2D eigenvalue weighted by Crippen LogP contribution is 2.57. The molecule has 1 saturated carbocycles. The molecule has 1 aliphatic heterocycles. The van der Waals surface area contributed by atoms with E-state index < -0.39 is 26.8 Å². The third-order valence-electron chi connectivity index (χ3n) is 3.70. The molecule has 0 aromatic carbocycles. The Bertz CT molecular complexity index is 379. The van der Waals surface area contributed by atoms with E-state index in [-0.39, 0.29) is 24.3 Å². The smallest absolute Gasteiger partial charge is 0.312 e. The Kier molecular flexibility index (Phi) is 2.14. The maximum Gasteiger partial charge on any atom is 0.312 e. The fourth-order valence-corrected chi connectivity index (χ4v) is 3.86. The highest BCUT2D eigenvalue weighted by atomic mass is 32.2. The number of carbonyl (C=O) groups is 1. The van der Waals surface area contributed by atoms with Gasteiger partial charge in [-0.1, -0.05) is 0 Å². The lowest BCUT2D eigenvalue weighted by molar-refractivity contribution is -0.156. The van der Waals surface area contributed by atoms with E-state index in [4.69, 9.17) is 5.11 Å². The van der Waals surface area contributed by atoms with Crippen LogP contribution in [0, 0.1) is 5.41 Å². The lowest BCUT2D eigenvalue weighted by Gasteiger charge is -2.37. The zero-order valence-electron chi connectivity index (χ0n) is 8.27. The summed E-state index contributed by atoms with van der Waals surface area (Å²) in [6.07, 6.45) is 1.03. The van der Waals surface area contributed by atoms with Crippen molar-refractivity contribution in [3.63, 3.8) is 0 Å². The minimum Gasteiger partial charge on any atom is -0.481 e. The average Bonchev–Trinajstić information content (AvgIpc) is 2.91. The average molecular weight is 234 g/mol. The van der Waals surface area contributed by atoms with Crippen molar-refractivity contribution in [1.82, 2.24) is 0 Å². The second kappa shape index (κ2) is 2.95. The van der Waals surface area contributed by atoms with Crippen LogP contribution < -0.4 is 0 Å². The van der Waals surface area contributed by atoms with Crippen molar-refractivity contribution in [3.05, 3.63) is 0 Å². The largest absolute Gasteiger partial charge is 0.481 e. The summed E-state index contributed by atoms with van der Waals surface area (Å²) in [7, 11) is -3.06. The standard InChI is InChI=1S/C9H14O5S/c10-7(11)8(1-2-8)9(12)3-5-15(13,14)6-4-9/h12H,1-6H2,(H,10,11). The van der Waals surface area contributed by atoms with Gasteiger partial charge in [-0.05, 0) is 25.7 Å². The van der Waals surface area contributed by atoms with E-state index in [1.165, 1.54) is 0 Å². The fourth-order valence-electron chi connectivity index (χ4n) is 2.36. The summed E-state index contributed by atoms with van der Waals surface area (Å²) in [5.41, 5.74) is -2.38. The molecule has 15 heavy (non-hydrogen) atoms. The maximum atomic E-state index is 11.2. The van der Waals surface area contributed by atoms with Crippen molar-refractivity contribution in [3.8, 4) is 0 Å². The summed E-state index contributed by atoms with van der Waals surface area (Å²) in [5.74, 6) is -1.19. The molecule has 0 amide bonds. The van der Waals surface area contributed by atoms with E-state index in [1.807, 2.05) is 0 Å².